The smallest absolute Gasteiger partial charge is 0.240 e. The summed E-state index contributed by atoms with van der Waals surface area (Å²) >= 11 is 0. The molecule has 1 aromatic rings. The molecule has 18 heavy (non-hydrogen) atoms. The van der Waals surface area contributed by atoms with E-state index in [9.17, 15) is 8.42 Å². The fourth-order valence-electron chi connectivity index (χ4n) is 1.63. The SMILES string of the molecule is COCCNS(=O)(=O)c1cc(C)c(OC)cc1C. The summed E-state index contributed by atoms with van der Waals surface area (Å²) in [4.78, 5) is 0.275. The molecule has 1 aromatic carbocycles. The van der Waals surface area contributed by atoms with Crippen molar-refractivity contribution < 1.29 is 17.9 Å². The van der Waals surface area contributed by atoms with Gasteiger partial charge in [0, 0.05) is 13.7 Å². The molecule has 0 saturated heterocycles. The first kappa shape index (κ1) is 14.9. The van der Waals surface area contributed by atoms with Crippen molar-refractivity contribution in [3.05, 3.63) is 23.3 Å². The van der Waals surface area contributed by atoms with Crippen LogP contribution in [0.1, 0.15) is 11.1 Å². The zero-order valence-corrected chi connectivity index (χ0v) is 11.9. The van der Waals surface area contributed by atoms with E-state index in [4.69, 9.17) is 9.47 Å². The van der Waals surface area contributed by atoms with Crippen LogP contribution in [0.5, 0.6) is 5.75 Å². The summed E-state index contributed by atoms with van der Waals surface area (Å²) in [5, 5.41) is 0. The summed E-state index contributed by atoms with van der Waals surface area (Å²) in [6.07, 6.45) is 0. The van der Waals surface area contributed by atoms with Gasteiger partial charge in [-0.2, -0.15) is 0 Å². The minimum absolute atomic E-state index is 0.253. The Hall–Kier alpha value is -1.11. The Kier molecular flexibility index (Phi) is 5.13. The molecule has 0 saturated carbocycles. The van der Waals surface area contributed by atoms with Crippen molar-refractivity contribution in [3.63, 3.8) is 0 Å². The van der Waals surface area contributed by atoms with Crippen LogP contribution in [0.2, 0.25) is 0 Å². The second-order valence-corrected chi connectivity index (χ2v) is 5.71. The van der Waals surface area contributed by atoms with Crippen molar-refractivity contribution in [1.29, 1.82) is 0 Å². The fraction of sp³-hybridized carbons (Fsp3) is 0.500. The van der Waals surface area contributed by atoms with Gasteiger partial charge in [-0.05, 0) is 37.1 Å². The lowest BCUT2D eigenvalue weighted by Gasteiger charge is -2.12. The standard InChI is InChI=1S/C12H19NO4S/c1-9-8-12(10(2)7-11(9)17-4)18(14,15)13-5-6-16-3/h7-8,13H,5-6H2,1-4H3. The van der Waals surface area contributed by atoms with E-state index in [0.717, 1.165) is 5.56 Å². The van der Waals surface area contributed by atoms with E-state index in [2.05, 4.69) is 4.72 Å². The zero-order chi connectivity index (χ0) is 13.8. The molecular formula is C12H19NO4S. The fourth-order valence-corrected chi connectivity index (χ4v) is 2.95. The van der Waals surface area contributed by atoms with Crippen LogP contribution in [0, 0.1) is 13.8 Å². The molecule has 0 fully saturated rings. The summed E-state index contributed by atoms with van der Waals surface area (Å²) in [7, 11) is -0.409. The molecule has 0 aliphatic heterocycles. The summed E-state index contributed by atoms with van der Waals surface area (Å²) in [5.74, 6) is 0.684. The molecular weight excluding hydrogens is 254 g/mol. The highest BCUT2D eigenvalue weighted by molar-refractivity contribution is 7.89. The third-order valence-corrected chi connectivity index (χ3v) is 4.18. The number of aryl methyl sites for hydroxylation is 2. The molecule has 0 amide bonds. The Bertz CT molecular complexity index is 511. The normalized spacial score (nSPS) is 11.6. The first-order valence-corrected chi connectivity index (χ1v) is 7.04. The molecule has 0 unspecified atom stereocenters. The number of hydrogen-bond donors (Lipinski definition) is 1. The zero-order valence-electron chi connectivity index (χ0n) is 11.1. The number of sulfonamides is 1. The summed E-state index contributed by atoms with van der Waals surface area (Å²) in [5.41, 5.74) is 1.44. The molecule has 1 N–H and O–H groups in total. The minimum Gasteiger partial charge on any atom is -0.496 e. The van der Waals surface area contributed by atoms with Crippen molar-refractivity contribution in [3.8, 4) is 5.75 Å². The molecule has 1 rings (SSSR count). The van der Waals surface area contributed by atoms with Gasteiger partial charge in [0.2, 0.25) is 10.0 Å². The van der Waals surface area contributed by atoms with Gasteiger partial charge in [-0.1, -0.05) is 0 Å². The summed E-state index contributed by atoms with van der Waals surface area (Å²) in [6, 6.07) is 3.34. The first-order valence-electron chi connectivity index (χ1n) is 5.56. The Morgan fingerprint density at radius 1 is 1.17 bits per heavy atom. The number of nitrogens with one attached hydrogen (secondary N) is 1. The molecule has 102 valence electrons. The maximum absolute atomic E-state index is 12.1. The number of benzene rings is 1. The van der Waals surface area contributed by atoms with E-state index >= 15 is 0 Å². The minimum atomic E-state index is -3.50. The Balaban J connectivity index is 3.05. The molecule has 0 atom stereocenters. The van der Waals surface area contributed by atoms with Gasteiger partial charge in [-0.15, -0.1) is 0 Å². The molecule has 0 aliphatic rings. The number of ether oxygens (including phenoxy) is 2. The van der Waals surface area contributed by atoms with Crippen molar-refractivity contribution >= 4 is 10.0 Å². The highest BCUT2D eigenvalue weighted by Gasteiger charge is 2.18. The van der Waals surface area contributed by atoms with Gasteiger partial charge in [-0.25, -0.2) is 13.1 Å². The van der Waals surface area contributed by atoms with Crippen molar-refractivity contribution in [1.82, 2.24) is 4.72 Å². The highest BCUT2D eigenvalue weighted by Crippen LogP contribution is 2.25. The van der Waals surface area contributed by atoms with Crippen LogP contribution >= 0.6 is 0 Å². The largest absolute Gasteiger partial charge is 0.496 e. The van der Waals surface area contributed by atoms with E-state index in [1.807, 2.05) is 6.92 Å². The lowest BCUT2D eigenvalue weighted by atomic mass is 10.1. The Labute approximate surface area is 108 Å². The molecule has 0 radical (unpaired) electrons. The van der Waals surface area contributed by atoms with Gasteiger partial charge < -0.3 is 9.47 Å². The topological polar surface area (TPSA) is 64.6 Å². The monoisotopic (exact) mass is 273 g/mol. The molecule has 0 spiro atoms. The van der Waals surface area contributed by atoms with E-state index in [0.29, 0.717) is 17.9 Å². The van der Waals surface area contributed by atoms with E-state index in [1.54, 1.807) is 26.2 Å². The lowest BCUT2D eigenvalue weighted by molar-refractivity contribution is 0.204. The average molecular weight is 273 g/mol. The highest BCUT2D eigenvalue weighted by atomic mass is 32.2. The maximum Gasteiger partial charge on any atom is 0.240 e. The molecule has 0 heterocycles. The lowest BCUT2D eigenvalue weighted by Crippen LogP contribution is -2.27. The van der Waals surface area contributed by atoms with E-state index in [1.165, 1.54) is 7.11 Å². The molecule has 6 heteroatoms. The Morgan fingerprint density at radius 2 is 1.83 bits per heavy atom. The van der Waals surface area contributed by atoms with Gasteiger partial charge in [0.15, 0.2) is 0 Å². The van der Waals surface area contributed by atoms with E-state index < -0.39 is 10.0 Å². The van der Waals surface area contributed by atoms with E-state index in [-0.39, 0.29) is 11.4 Å². The quantitative estimate of drug-likeness (QED) is 0.792. The van der Waals surface area contributed by atoms with Crippen LogP contribution < -0.4 is 9.46 Å². The van der Waals surface area contributed by atoms with Crippen molar-refractivity contribution in [2.24, 2.45) is 0 Å². The predicted octanol–water partition coefficient (Wildman–Crippen LogP) is 1.24. The van der Waals surface area contributed by atoms with Crippen LogP contribution in [0.4, 0.5) is 0 Å². The van der Waals surface area contributed by atoms with Crippen molar-refractivity contribution in [2.75, 3.05) is 27.4 Å². The van der Waals surface area contributed by atoms with Gasteiger partial charge in [0.25, 0.3) is 0 Å². The van der Waals surface area contributed by atoms with Crippen LogP contribution in [0.15, 0.2) is 17.0 Å². The summed E-state index contributed by atoms with van der Waals surface area (Å²) < 4.78 is 36.6. The average Bonchev–Trinajstić information content (AvgIpc) is 2.31. The van der Waals surface area contributed by atoms with Gasteiger partial charge >= 0.3 is 0 Å². The van der Waals surface area contributed by atoms with Gasteiger partial charge in [0.1, 0.15) is 5.75 Å². The van der Waals surface area contributed by atoms with Crippen LogP contribution in [0.25, 0.3) is 0 Å². The number of rotatable bonds is 6. The predicted molar refractivity (Wildman–Crippen MR) is 69.5 cm³/mol. The van der Waals surface area contributed by atoms with Crippen LogP contribution in [-0.4, -0.2) is 35.8 Å². The van der Waals surface area contributed by atoms with Crippen molar-refractivity contribution in [2.45, 2.75) is 18.7 Å². The number of methoxy groups -OCH3 is 2. The summed E-state index contributed by atoms with van der Waals surface area (Å²) in [6.45, 7) is 4.15. The van der Waals surface area contributed by atoms with Crippen LogP contribution in [-0.2, 0) is 14.8 Å². The first-order chi connectivity index (χ1) is 8.42. The second-order valence-electron chi connectivity index (χ2n) is 3.98. The second kappa shape index (κ2) is 6.17. The molecule has 5 nitrogen and oxygen atoms in total. The third kappa shape index (κ3) is 3.44. The van der Waals surface area contributed by atoms with Gasteiger partial charge in [0.05, 0.1) is 18.6 Å². The maximum atomic E-state index is 12.1. The molecule has 0 bridgehead atoms. The Morgan fingerprint density at radius 3 is 2.39 bits per heavy atom. The van der Waals surface area contributed by atoms with Gasteiger partial charge in [-0.3, -0.25) is 0 Å². The number of hydrogen-bond acceptors (Lipinski definition) is 4. The molecule has 0 aromatic heterocycles. The third-order valence-electron chi connectivity index (χ3n) is 2.58. The molecule has 0 aliphatic carbocycles. The van der Waals surface area contributed by atoms with Crippen LogP contribution in [0.3, 0.4) is 0 Å².